The quantitative estimate of drug-likeness (QED) is 0.924. The molecule has 2 aromatic rings. The topological polar surface area (TPSA) is 71.5 Å². The molecule has 2 amide bonds. The number of hydrogen-bond acceptors (Lipinski definition) is 4. The largest absolute Gasteiger partial charge is 0.497 e. The van der Waals surface area contributed by atoms with E-state index in [9.17, 15) is 9.59 Å². The number of anilines is 2. The van der Waals surface area contributed by atoms with Crippen LogP contribution in [0.3, 0.4) is 0 Å². The number of methoxy groups -OCH3 is 1. The molecule has 124 valence electrons. The number of benzene rings is 1. The molecule has 0 radical (unpaired) electrons. The number of pyridine rings is 1. The maximum Gasteiger partial charge on any atom is 0.230 e. The third-order valence-electron chi connectivity index (χ3n) is 3.84. The number of carbonyl (C=O) groups excluding carboxylic acids is 2. The minimum Gasteiger partial charge on any atom is -0.497 e. The lowest BCUT2D eigenvalue weighted by Crippen LogP contribution is -2.28. The molecular formula is C17H16ClN3O3. The Balaban J connectivity index is 1.69. The Bertz CT molecular complexity index is 764. The Morgan fingerprint density at radius 3 is 2.92 bits per heavy atom. The Morgan fingerprint density at radius 1 is 1.38 bits per heavy atom. The van der Waals surface area contributed by atoms with Gasteiger partial charge in [0.05, 0.1) is 18.1 Å². The molecule has 1 aromatic heterocycles. The van der Waals surface area contributed by atoms with Crippen LogP contribution in [0.2, 0.25) is 5.02 Å². The summed E-state index contributed by atoms with van der Waals surface area (Å²) in [5.41, 5.74) is 0.722. The van der Waals surface area contributed by atoms with Crippen LogP contribution in [0, 0.1) is 5.92 Å². The molecule has 1 saturated heterocycles. The highest BCUT2D eigenvalue weighted by Gasteiger charge is 2.35. The first-order chi connectivity index (χ1) is 11.6. The van der Waals surface area contributed by atoms with Crippen molar-refractivity contribution in [1.29, 1.82) is 0 Å². The lowest BCUT2D eigenvalue weighted by atomic mass is 10.1. The smallest absolute Gasteiger partial charge is 0.230 e. The minimum absolute atomic E-state index is 0.0903. The van der Waals surface area contributed by atoms with E-state index in [0.29, 0.717) is 23.1 Å². The molecule has 24 heavy (non-hydrogen) atoms. The maximum absolute atomic E-state index is 12.4. The summed E-state index contributed by atoms with van der Waals surface area (Å²) in [6.07, 6.45) is 1.62. The van der Waals surface area contributed by atoms with Gasteiger partial charge < -0.3 is 15.0 Å². The van der Waals surface area contributed by atoms with Crippen molar-refractivity contribution in [3.63, 3.8) is 0 Å². The summed E-state index contributed by atoms with van der Waals surface area (Å²) in [5.74, 6) is 0.326. The van der Waals surface area contributed by atoms with Crippen LogP contribution in [0.4, 0.5) is 11.5 Å². The minimum atomic E-state index is -0.429. The number of aromatic nitrogens is 1. The van der Waals surface area contributed by atoms with E-state index in [0.717, 1.165) is 5.69 Å². The third kappa shape index (κ3) is 3.49. The standard InChI is InChI=1S/C17H16ClN3O3/c1-24-14-4-2-3-13(8-14)21-10-11(7-16(21)22)17(23)20-15-6-5-12(18)9-19-15/h2-6,8-9,11H,7,10H2,1H3,(H,19,20,23)/t11-/m1/s1. The van der Waals surface area contributed by atoms with Gasteiger partial charge in [0.2, 0.25) is 11.8 Å². The van der Waals surface area contributed by atoms with Gasteiger partial charge in [-0.15, -0.1) is 0 Å². The number of hydrogen-bond donors (Lipinski definition) is 1. The molecule has 1 N–H and O–H groups in total. The van der Waals surface area contributed by atoms with Crippen molar-refractivity contribution >= 4 is 34.9 Å². The van der Waals surface area contributed by atoms with Crippen LogP contribution in [0.1, 0.15) is 6.42 Å². The summed E-state index contributed by atoms with van der Waals surface area (Å²) in [4.78, 5) is 30.2. The van der Waals surface area contributed by atoms with Crippen LogP contribution in [0.5, 0.6) is 5.75 Å². The van der Waals surface area contributed by atoms with Crippen molar-refractivity contribution in [3.8, 4) is 5.75 Å². The Morgan fingerprint density at radius 2 is 2.21 bits per heavy atom. The molecule has 0 bridgehead atoms. The molecule has 1 fully saturated rings. The van der Waals surface area contributed by atoms with Gasteiger partial charge in [0, 0.05) is 30.9 Å². The van der Waals surface area contributed by atoms with Crippen LogP contribution in [0.25, 0.3) is 0 Å². The number of halogens is 1. The summed E-state index contributed by atoms with van der Waals surface area (Å²) < 4.78 is 5.18. The van der Waals surface area contributed by atoms with Gasteiger partial charge in [-0.25, -0.2) is 4.98 Å². The molecule has 1 atom stereocenters. The summed E-state index contributed by atoms with van der Waals surface area (Å²) in [6, 6.07) is 10.5. The van der Waals surface area contributed by atoms with Crippen molar-refractivity contribution in [2.24, 2.45) is 5.92 Å². The van der Waals surface area contributed by atoms with E-state index < -0.39 is 5.92 Å². The van der Waals surface area contributed by atoms with Gasteiger partial charge in [-0.2, -0.15) is 0 Å². The van der Waals surface area contributed by atoms with Gasteiger partial charge in [0.25, 0.3) is 0 Å². The van der Waals surface area contributed by atoms with Gasteiger partial charge in [-0.1, -0.05) is 17.7 Å². The number of rotatable bonds is 4. The third-order valence-corrected chi connectivity index (χ3v) is 4.06. The van der Waals surface area contributed by atoms with Gasteiger partial charge >= 0.3 is 0 Å². The first kappa shape index (κ1) is 16.3. The number of nitrogens with one attached hydrogen (secondary N) is 1. The Kier molecular flexibility index (Phi) is 4.66. The fourth-order valence-corrected chi connectivity index (χ4v) is 2.70. The molecule has 6 nitrogen and oxygen atoms in total. The Labute approximate surface area is 144 Å². The molecular weight excluding hydrogens is 330 g/mol. The van der Waals surface area contributed by atoms with E-state index in [1.165, 1.54) is 6.20 Å². The van der Waals surface area contributed by atoms with E-state index in [1.807, 2.05) is 12.1 Å². The second kappa shape index (κ2) is 6.88. The molecule has 0 saturated carbocycles. The van der Waals surface area contributed by atoms with Crippen molar-refractivity contribution in [1.82, 2.24) is 4.98 Å². The lowest BCUT2D eigenvalue weighted by molar-refractivity contribution is -0.122. The summed E-state index contributed by atoms with van der Waals surface area (Å²) >= 11 is 5.77. The number of amides is 2. The molecule has 7 heteroatoms. The molecule has 0 spiro atoms. The molecule has 1 aromatic carbocycles. The summed E-state index contributed by atoms with van der Waals surface area (Å²) in [5, 5.41) is 3.21. The van der Waals surface area contributed by atoms with Crippen molar-refractivity contribution in [3.05, 3.63) is 47.6 Å². The highest BCUT2D eigenvalue weighted by atomic mass is 35.5. The predicted octanol–water partition coefficient (Wildman–Crippen LogP) is 2.74. The Hall–Kier alpha value is -2.60. The number of carbonyl (C=O) groups is 2. The zero-order chi connectivity index (χ0) is 17.1. The van der Waals surface area contributed by atoms with E-state index >= 15 is 0 Å². The summed E-state index contributed by atoms with van der Waals surface area (Å²) in [7, 11) is 1.57. The fourth-order valence-electron chi connectivity index (χ4n) is 2.59. The predicted molar refractivity (Wildman–Crippen MR) is 91.3 cm³/mol. The molecule has 0 unspecified atom stereocenters. The molecule has 2 heterocycles. The van der Waals surface area contributed by atoms with E-state index in [-0.39, 0.29) is 18.2 Å². The fraction of sp³-hybridized carbons (Fsp3) is 0.235. The zero-order valence-corrected chi connectivity index (χ0v) is 13.8. The van der Waals surface area contributed by atoms with Gasteiger partial charge in [-0.05, 0) is 24.3 Å². The van der Waals surface area contributed by atoms with Crippen molar-refractivity contribution in [2.45, 2.75) is 6.42 Å². The maximum atomic E-state index is 12.4. The molecule has 3 rings (SSSR count). The first-order valence-electron chi connectivity index (χ1n) is 7.43. The van der Waals surface area contributed by atoms with Gasteiger partial charge in [0.1, 0.15) is 11.6 Å². The second-order valence-corrected chi connectivity index (χ2v) is 5.89. The van der Waals surface area contributed by atoms with Crippen molar-refractivity contribution < 1.29 is 14.3 Å². The molecule has 1 aliphatic rings. The van der Waals surface area contributed by atoms with Gasteiger partial charge in [-0.3, -0.25) is 9.59 Å². The highest BCUT2D eigenvalue weighted by molar-refractivity contribution is 6.30. The SMILES string of the molecule is COc1cccc(N2C[C@H](C(=O)Nc3ccc(Cl)cn3)CC2=O)c1. The van der Waals surface area contributed by atoms with Crippen LogP contribution in [-0.2, 0) is 9.59 Å². The first-order valence-corrected chi connectivity index (χ1v) is 7.81. The lowest BCUT2D eigenvalue weighted by Gasteiger charge is -2.17. The normalized spacial score (nSPS) is 17.0. The highest BCUT2D eigenvalue weighted by Crippen LogP contribution is 2.28. The van der Waals surface area contributed by atoms with Crippen LogP contribution in [0.15, 0.2) is 42.6 Å². The van der Waals surface area contributed by atoms with E-state index in [2.05, 4.69) is 10.3 Å². The zero-order valence-electron chi connectivity index (χ0n) is 13.0. The van der Waals surface area contributed by atoms with E-state index in [4.69, 9.17) is 16.3 Å². The average molecular weight is 346 g/mol. The molecule has 0 aliphatic carbocycles. The monoisotopic (exact) mass is 345 g/mol. The van der Waals surface area contributed by atoms with Crippen LogP contribution in [-0.4, -0.2) is 30.5 Å². The molecule has 1 aliphatic heterocycles. The van der Waals surface area contributed by atoms with Crippen LogP contribution < -0.4 is 15.0 Å². The van der Waals surface area contributed by atoms with E-state index in [1.54, 1.807) is 36.3 Å². The summed E-state index contributed by atoms with van der Waals surface area (Å²) in [6.45, 7) is 0.325. The average Bonchev–Trinajstić information content (AvgIpc) is 2.99. The van der Waals surface area contributed by atoms with Crippen LogP contribution >= 0.6 is 11.6 Å². The second-order valence-electron chi connectivity index (χ2n) is 5.46. The van der Waals surface area contributed by atoms with Gasteiger partial charge in [0.15, 0.2) is 0 Å². The number of nitrogens with zero attached hydrogens (tertiary/aromatic N) is 2. The van der Waals surface area contributed by atoms with Crippen molar-refractivity contribution in [2.75, 3.05) is 23.9 Å². The number of ether oxygens (including phenoxy) is 1.